The van der Waals surface area contributed by atoms with Crippen LogP contribution < -0.4 is 5.32 Å². The minimum absolute atomic E-state index is 0.0787. The molecule has 1 aliphatic carbocycles. The topological polar surface area (TPSA) is 25.2 Å². The number of benzene rings is 1. The van der Waals surface area contributed by atoms with E-state index in [-0.39, 0.29) is 30.6 Å². The Morgan fingerprint density at radius 3 is 2.62 bits per heavy atom. The third-order valence-corrected chi connectivity index (χ3v) is 4.35. The Kier molecular flexibility index (Phi) is 3.69. The molecule has 0 aliphatic heterocycles. The van der Waals surface area contributed by atoms with Crippen molar-refractivity contribution in [1.29, 1.82) is 0 Å². The molecule has 1 heterocycles. The average molecular weight is 297 g/mol. The molecule has 2 aromatic rings. The van der Waals surface area contributed by atoms with Crippen LogP contribution in [0.4, 0.5) is 13.2 Å². The van der Waals surface area contributed by atoms with E-state index in [2.05, 4.69) is 5.32 Å². The molecule has 1 saturated carbocycles. The molecule has 2 nitrogen and oxygen atoms in total. The van der Waals surface area contributed by atoms with Crippen LogP contribution in [0.1, 0.15) is 37.5 Å². The zero-order chi connectivity index (χ0) is 15.0. The van der Waals surface area contributed by atoms with Gasteiger partial charge in [-0.3, -0.25) is 0 Å². The van der Waals surface area contributed by atoms with Crippen molar-refractivity contribution in [2.24, 2.45) is 5.92 Å². The fourth-order valence-corrected chi connectivity index (χ4v) is 3.19. The molecule has 5 heteroatoms. The molecular weight excluding hydrogens is 279 g/mol. The third kappa shape index (κ3) is 2.93. The Morgan fingerprint density at radius 1 is 1.24 bits per heavy atom. The first-order chi connectivity index (χ1) is 9.98. The van der Waals surface area contributed by atoms with Crippen LogP contribution in [0, 0.1) is 11.7 Å². The molecule has 0 saturated heterocycles. The molecule has 0 spiro atoms. The van der Waals surface area contributed by atoms with Gasteiger partial charge in [0.15, 0.2) is 0 Å². The van der Waals surface area contributed by atoms with Crippen LogP contribution in [0.2, 0.25) is 0 Å². The summed E-state index contributed by atoms with van der Waals surface area (Å²) < 4.78 is 45.5. The molecule has 0 bridgehead atoms. The molecule has 1 atom stereocenters. The van der Waals surface area contributed by atoms with E-state index < -0.39 is 5.92 Å². The average Bonchev–Trinajstić information content (AvgIpc) is 2.84. The SMILES string of the molecule is CNC(c1cc2cc(F)ccc2o1)C1CCC(F)(F)CC1. The van der Waals surface area contributed by atoms with Gasteiger partial charge in [0.1, 0.15) is 17.2 Å². The van der Waals surface area contributed by atoms with Crippen molar-refractivity contribution in [2.75, 3.05) is 7.05 Å². The Labute approximate surface area is 121 Å². The fourth-order valence-electron chi connectivity index (χ4n) is 3.19. The first-order valence-electron chi connectivity index (χ1n) is 7.22. The number of halogens is 3. The van der Waals surface area contributed by atoms with Gasteiger partial charge >= 0.3 is 0 Å². The molecular formula is C16H18F3NO. The van der Waals surface area contributed by atoms with Gasteiger partial charge in [0, 0.05) is 18.2 Å². The van der Waals surface area contributed by atoms with Gasteiger partial charge in [-0.15, -0.1) is 0 Å². The standard InChI is InChI=1S/C16H18F3NO/c1-20-15(10-4-6-16(18,19)7-5-10)14-9-11-8-12(17)2-3-13(11)21-14/h2-3,8-10,15,20H,4-7H2,1H3. The summed E-state index contributed by atoms with van der Waals surface area (Å²) in [5.74, 6) is -2.05. The molecule has 1 aromatic heterocycles. The number of hydrogen-bond donors (Lipinski definition) is 1. The molecule has 1 aromatic carbocycles. The molecule has 0 radical (unpaired) electrons. The van der Waals surface area contributed by atoms with Crippen LogP contribution in [0.5, 0.6) is 0 Å². The fraction of sp³-hybridized carbons (Fsp3) is 0.500. The van der Waals surface area contributed by atoms with Crippen LogP contribution in [-0.2, 0) is 0 Å². The Morgan fingerprint density at radius 2 is 1.95 bits per heavy atom. The zero-order valence-electron chi connectivity index (χ0n) is 11.8. The lowest BCUT2D eigenvalue weighted by atomic mass is 9.81. The molecule has 3 rings (SSSR count). The maximum Gasteiger partial charge on any atom is 0.248 e. The number of rotatable bonds is 3. The summed E-state index contributed by atoms with van der Waals surface area (Å²) in [7, 11) is 1.80. The van der Waals surface area contributed by atoms with Crippen LogP contribution in [0.25, 0.3) is 11.0 Å². The molecule has 1 aliphatic rings. The summed E-state index contributed by atoms with van der Waals surface area (Å²) in [6.07, 6.45) is 0.767. The second kappa shape index (κ2) is 5.37. The first-order valence-corrected chi connectivity index (χ1v) is 7.22. The first kappa shape index (κ1) is 14.4. The van der Waals surface area contributed by atoms with Gasteiger partial charge in [0.05, 0.1) is 6.04 Å². The number of fused-ring (bicyclic) bond motifs is 1. The lowest BCUT2D eigenvalue weighted by Gasteiger charge is -2.32. The van der Waals surface area contributed by atoms with Crippen LogP contribution in [0.15, 0.2) is 28.7 Å². The summed E-state index contributed by atoms with van der Waals surface area (Å²) in [5, 5.41) is 3.86. The summed E-state index contributed by atoms with van der Waals surface area (Å²) in [5.41, 5.74) is 0.618. The molecule has 21 heavy (non-hydrogen) atoms. The minimum Gasteiger partial charge on any atom is -0.459 e. The maximum absolute atomic E-state index is 13.3. The Hall–Kier alpha value is -1.49. The van der Waals surface area contributed by atoms with Gasteiger partial charge in [-0.05, 0) is 50.1 Å². The number of furan rings is 1. The maximum atomic E-state index is 13.3. The molecule has 1 fully saturated rings. The van der Waals surface area contributed by atoms with E-state index in [0.29, 0.717) is 29.6 Å². The minimum atomic E-state index is -2.54. The second-order valence-electron chi connectivity index (χ2n) is 5.79. The van der Waals surface area contributed by atoms with Gasteiger partial charge < -0.3 is 9.73 Å². The monoisotopic (exact) mass is 297 g/mol. The van der Waals surface area contributed by atoms with E-state index >= 15 is 0 Å². The summed E-state index contributed by atoms with van der Waals surface area (Å²) in [4.78, 5) is 0. The van der Waals surface area contributed by atoms with Crippen LogP contribution >= 0.6 is 0 Å². The lowest BCUT2D eigenvalue weighted by molar-refractivity contribution is -0.0502. The smallest absolute Gasteiger partial charge is 0.248 e. The number of alkyl halides is 2. The van der Waals surface area contributed by atoms with Gasteiger partial charge in [0.25, 0.3) is 0 Å². The van der Waals surface area contributed by atoms with E-state index in [0.717, 1.165) is 0 Å². The highest BCUT2D eigenvalue weighted by Crippen LogP contribution is 2.42. The predicted molar refractivity (Wildman–Crippen MR) is 74.9 cm³/mol. The van der Waals surface area contributed by atoms with Crippen molar-refractivity contribution < 1.29 is 17.6 Å². The number of nitrogens with one attached hydrogen (secondary N) is 1. The van der Waals surface area contributed by atoms with Crippen molar-refractivity contribution >= 4 is 11.0 Å². The summed E-state index contributed by atoms with van der Waals surface area (Å²) >= 11 is 0. The van der Waals surface area contributed by atoms with E-state index in [1.807, 2.05) is 0 Å². The van der Waals surface area contributed by atoms with E-state index in [1.54, 1.807) is 19.2 Å². The van der Waals surface area contributed by atoms with E-state index in [4.69, 9.17) is 4.42 Å². The largest absolute Gasteiger partial charge is 0.459 e. The Bertz CT molecular complexity index is 627. The van der Waals surface area contributed by atoms with Crippen molar-refractivity contribution in [3.05, 3.63) is 35.8 Å². The van der Waals surface area contributed by atoms with Gasteiger partial charge in [-0.25, -0.2) is 13.2 Å². The zero-order valence-corrected chi connectivity index (χ0v) is 11.8. The molecule has 114 valence electrons. The number of hydrogen-bond acceptors (Lipinski definition) is 2. The molecule has 1 N–H and O–H groups in total. The predicted octanol–water partition coefficient (Wildman–Crippen LogP) is 4.66. The van der Waals surface area contributed by atoms with Crippen molar-refractivity contribution in [1.82, 2.24) is 5.32 Å². The quantitative estimate of drug-likeness (QED) is 0.891. The molecule has 0 amide bonds. The highest BCUT2D eigenvalue weighted by molar-refractivity contribution is 5.78. The van der Waals surface area contributed by atoms with Crippen molar-refractivity contribution in [3.63, 3.8) is 0 Å². The van der Waals surface area contributed by atoms with Crippen molar-refractivity contribution in [3.8, 4) is 0 Å². The van der Waals surface area contributed by atoms with E-state index in [1.165, 1.54) is 12.1 Å². The summed E-state index contributed by atoms with van der Waals surface area (Å²) in [6.45, 7) is 0. The van der Waals surface area contributed by atoms with Crippen LogP contribution in [-0.4, -0.2) is 13.0 Å². The van der Waals surface area contributed by atoms with Crippen LogP contribution in [0.3, 0.4) is 0 Å². The second-order valence-corrected chi connectivity index (χ2v) is 5.79. The highest BCUT2D eigenvalue weighted by Gasteiger charge is 2.38. The van der Waals surface area contributed by atoms with Gasteiger partial charge in [0.2, 0.25) is 5.92 Å². The third-order valence-electron chi connectivity index (χ3n) is 4.35. The normalized spacial score (nSPS) is 20.8. The van der Waals surface area contributed by atoms with E-state index in [9.17, 15) is 13.2 Å². The Balaban J connectivity index is 1.84. The lowest BCUT2D eigenvalue weighted by Crippen LogP contribution is -2.32. The molecule has 1 unspecified atom stereocenters. The van der Waals surface area contributed by atoms with Gasteiger partial charge in [-0.1, -0.05) is 0 Å². The van der Waals surface area contributed by atoms with Gasteiger partial charge in [-0.2, -0.15) is 0 Å². The summed E-state index contributed by atoms with van der Waals surface area (Å²) in [6, 6.07) is 6.05. The van der Waals surface area contributed by atoms with Crippen molar-refractivity contribution in [2.45, 2.75) is 37.6 Å². The highest BCUT2D eigenvalue weighted by atomic mass is 19.3.